The summed E-state index contributed by atoms with van der Waals surface area (Å²) < 4.78 is 1.65. The first-order chi connectivity index (χ1) is 6.63. The van der Waals surface area contributed by atoms with Gasteiger partial charge in [-0.15, -0.1) is 0 Å². The van der Waals surface area contributed by atoms with Gasteiger partial charge in [0, 0.05) is 18.0 Å². The van der Waals surface area contributed by atoms with E-state index in [-0.39, 0.29) is 5.69 Å². The topological polar surface area (TPSA) is 45.1 Å². The second-order valence-corrected chi connectivity index (χ2v) is 3.34. The lowest BCUT2D eigenvalue weighted by Crippen LogP contribution is -2.25. The molecule has 0 saturated heterocycles. The SMILES string of the molecule is Cc1c(C(=O)[O-])n(C)c2ccccc12. The van der Waals surface area contributed by atoms with Gasteiger partial charge in [0.15, 0.2) is 0 Å². The van der Waals surface area contributed by atoms with Gasteiger partial charge in [0.2, 0.25) is 0 Å². The monoisotopic (exact) mass is 188 g/mol. The maximum absolute atomic E-state index is 10.9. The van der Waals surface area contributed by atoms with Crippen LogP contribution in [-0.4, -0.2) is 10.5 Å². The number of hydrogen-bond donors (Lipinski definition) is 0. The van der Waals surface area contributed by atoms with E-state index in [4.69, 9.17) is 0 Å². The standard InChI is InChI=1S/C11H11NO2/c1-7-8-5-3-4-6-9(8)12(2)10(7)11(13)14/h3-6H,1-2H3,(H,13,14)/p-1. The first-order valence-electron chi connectivity index (χ1n) is 4.38. The lowest BCUT2D eigenvalue weighted by atomic mass is 10.1. The van der Waals surface area contributed by atoms with Crippen molar-refractivity contribution in [2.24, 2.45) is 7.05 Å². The van der Waals surface area contributed by atoms with Crippen LogP contribution in [0.25, 0.3) is 10.9 Å². The molecular formula is C11H10NO2-. The second-order valence-electron chi connectivity index (χ2n) is 3.34. The smallest absolute Gasteiger partial charge is 0.0883 e. The fourth-order valence-electron chi connectivity index (χ4n) is 1.87. The van der Waals surface area contributed by atoms with E-state index in [1.165, 1.54) is 0 Å². The lowest BCUT2D eigenvalue weighted by molar-refractivity contribution is -0.255. The highest BCUT2D eigenvalue weighted by Gasteiger charge is 2.10. The van der Waals surface area contributed by atoms with Crippen molar-refractivity contribution in [3.05, 3.63) is 35.5 Å². The fourth-order valence-corrected chi connectivity index (χ4v) is 1.87. The second kappa shape index (κ2) is 2.87. The van der Waals surface area contributed by atoms with Crippen molar-refractivity contribution in [2.45, 2.75) is 6.92 Å². The van der Waals surface area contributed by atoms with Crippen molar-refractivity contribution in [1.82, 2.24) is 4.57 Å². The van der Waals surface area contributed by atoms with E-state index in [2.05, 4.69) is 0 Å². The fraction of sp³-hybridized carbons (Fsp3) is 0.182. The van der Waals surface area contributed by atoms with Crippen LogP contribution in [0.2, 0.25) is 0 Å². The number of nitrogens with zero attached hydrogens (tertiary/aromatic N) is 1. The van der Waals surface area contributed by atoms with Crippen LogP contribution in [0.5, 0.6) is 0 Å². The Morgan fingerprint density at radius 2 is 2.00 bits per heavy atom. The summed E-state index contributed by atoms with van der Waals surface area (Å²) in [5.74, 6) is -1.12. The van der Waals surface area contributed by atoms with Gasteiger partial charge in [-0.1, -0.05) is 18.2 Å². The number of carbonyl (C=O) groups is 1. The Kier molecular flexibility index (Phi) is 1.81. The molecule has 2 aromatic rings. The summed E-state index contributed by atoms with van der Waals surface area (Å²) in [5, 5.41) is 11.8. The Bertz CT molecular complexity index is 472. The highest BCUT2D eigenvalue weighted by Crippen LogP contribution is 2.23. The van der Waals surface area contributed by atoms with E-state index >= 15 is 0 Å². The minimum Gasteiger partial charge on any atom is -0.543 e. The van der Waals surface area contributed by atoms with Crippen molar-refractivity contribution in [3.63, 3.8) is 0 Å². The van der Waals surface area contributed by atoms with Gasteiger partial charge in [-0.2, -0.15) is 0 Å². The highest BCUT2D eigenvalue weighted by atomic mass is 16.4. The number of rotatable bonds is 1. The van der Waals surface area contributed by atoms with Gasteiger partial charge in [0.05, 0.1) is 11.7 Å². The Hall–Kier alpha value is -1.77. The van der Waals surface area contributed by atoms with E-state index in [1.54, 1.807) is 18.5 Å². The minimum atomic E-state index is -1.12. The molecule has 0 unspecified atom stereocenters. The maximum atomic E-state index is 10.9. The molecule has 1 heterocycles. The molecule has 1 aromatic heterocycles. The maximum Gasteiger partial charge on any atom is 0.0883 e. The van der Waals surface area contributed by atoms with E-state index < -0.39 is 5.97 Å². The molecule has 1 aromatic carbocycles. The number of carboxylic acids is 1. The van der Waals surface area contributed by atoms with E-state index in [0.717, 1.165) is 16.5 Å². The van der Waals surface area contributed by atoms with Crippen LogP contribution in [0.3, 0.4) is 0 Å². The third-order valence-electron chi connectivity index (χ3n) is 2.55. The number of aryl methyl sites for hydroxylation is 2. The molecule has 0 aliphatic carbocycles. The summed E-state index contributed by atoms with van der Waals surface area (Å²) in [6, 6.07) is 7.60. The summed E-state index contributed by atoms with van der Waals surface area (Å²) in [6.45, 7) is 1.80. The molecule has 3 heteroatoms. The largest absolute Gasteiger partial charge is 0.543 e. The first-order valence-corrected chi connectivity index (χ1v) is 4.38. The molecule has 2 rings (SSSR count). The molecule has 0 atom stereocenters. The van der Waals surface area contributed by atoms with Crippen LogP contribution in [0.4, 0.5) is 0 Å². The van der Waals surface area contributed by atoms with E-state index in [0.29, 0.717) is 0 Å². The number of benzene rings is 1. The molecule has 0 amide bonds. The van der Waals surface area contributed by atoms with Gasteiger partial charge in [-0.05, 0) is 18.6 Å². The molecule has 0 saturated carbocycles. The zero-order chi connectivity index (χ0) is 10.3. The average molecular weight is 188 g/mol. The number of aromatic carboxylic acids is 1. The van der Waals surface area contributed by atoms with E-state index in [1.807, 2.05) is 24.3 Å². The number of carboxylic acid groups (broad SMARTS) is 1. The number of hydrogen-bond acceptors (Lipinski definition) is 2. The van der Waals surface area contributed by atoms with Crippen molar-refractivity contribution < 1.29 is 9.90 Å². The van der Waals surface area contributed by atoms with Crippen LogP contribution in [0.1, 0.15) is 16.1 Å². The Labute approximate surface area is 81.6 Å². The molecule has 0 N–H and O–H groups in total. The van der Waals surface area contributed by atoms with Crippen molar-refractivity contribution >= 4 is 16.9 Å². The number of fused-ring (bicyclic) bond motifs is 1. The Balaban J connectivity index is 2.92. The van der Waals surface area contributed by atoms with Crippen molar-refractivity contribution in [1.29, 1.82) is 0 Å². The van der Waals surface area contributed by atoms with Gasteiger partial charge in [0.1, 0.15) is 0 Å². The Morgan fingerprint density at radius 1 is 1.36 bits per heavy atom. The quantitative estimate of drug-likeness (QED) is 0.666. The highest BCUT2D eigenvalue weighted by molar-refractivity contribution is 5.97. The summed E-state index contributed by atoms with van der Waals surface area (Å²) in [4.78, 5) is 10.9. The molecule has 0 fully saturated rings. The van der Waals surface area contributed by atoms with Gasteiger partial charge >= 0.3 is 0 Å². The van der Waals surface area contributed by atoms with Crippen LogP contribution in [0.15, 0.2) is 24.3 Å². The first kappa shape index (κ1) is 8.81. The van der Waals surface area contributed by atoms with Gasteiger partial charge in [-0.25, -0.2) is 0 Å². The van der Waals surface area contributed by atoms with Gasteiger partial charge in [-0.3, -0.25) is 0 Å². The molecule has 0 spiro atoms. The van der Waals surface area contributed by atoms with Gasteiger partial charge < -0.3 is 14.5 Å². The minimum absolute atomic E-state index is 0.256. The van der Waals surface area contributed by atoms with Crippen LogP contribution in [0, 0.1) is 6.92 Å². The normalized spacial score (nSPS) is 10.7. The molecule has 0 radical (unpaired) electrons. The predicted molar refractivity (Wildman–Crippen MR) is 52.0 cm³/mol. The predicted octanol–water partition coefficient (Wildman–Crippen LogP) is 0.850. The molecular weight excluding hydrogens is 178 g/mol. The molecule has 72 valence electrons. The number of aromatic nitrogens is 1. The van der Waals surface area contributed by atoms with E-state index in [9.17, 15) is 9.90 Å². The van der Waals surface area contributed by atoms with Crippen LogP contribution < -0.4 is 5.11 Å². The summed E-state index contributed by atoms with van der Waals surface area (Å²) in [6.07, 6.45) is 0. The summed E-state index contributed by atoms with van der Waals surface area (Å²) >= 11 is 0. The third kappa shape index (κ3) is 1.02. The third-order valence-corrected chi connectivity index (χ3v) is 2.55. The Morgan fingerprint density at radius 3 is 2.57 bits per heavy atom. The molecule has 3 nitrogen and oxygen atoms in total. The molecule has 0 aliphatic heterocycles. The zero-order valence-electron chi connectivity index (χ0n) is 8.07. The van der Waals surface area contributed by atoms with Gasteiger partial charge in [0.25, 0.3) is 0 Å². The van der Waals surface area contributed by atoms with Crippen molar-refractivity contribution in [3.8, 4) is 0 Å². The number of para-hydroxylation sites is 1. The van der Waals surface area contributed by atoms with Crippen molar-refractivity contribution in [2.75, 3.05) is 0 Å². The van der Waals surface area contributed by atoms with Crippen LogP contribution >= 0.6 is 0 Å². The number of carbonyl (C=O) groups excluding carboxylic acids is 1. The molecule has 0 aliphatic rings. The summed E-state index contributed by atoms with van der Waals surface area (Å²) in [7, 11) is 1.74. The lowest BCUT2D eigenvalue weighted by Gasteiger charge is -2.05. The summed E-state index contributed by atoms with van der Waals surface area (Å²) in [5.41, 5.74) is 1.94. The molecule has 14 heavy (non-hydrogen) atoms. The zero-order valence-corrected chi connectivity index (χ0v) is 8.07. The molecule has 0 bridgehead atoms. The van der Waals surface area contributed by atoms with Crippen LogP contribution in [-0.2, 0) is 7.05 Å². The average Bonchev–Trinajstić information content (AvgIpc) is 2.41.